The Hall–Kier alpha value is -0.540. The van der Waals surface area contributed by atoms with Crippen LogP contribution in [0.3, 0.4) is 0 Å². The van der Waals surface area contributed by atoms with E-state index >= 15 is 0 Å². The highest BCUT2D eigenvalue weighted by atomic mass is 79.9. The Balaban J connectivity index is 2.23. The normalized spacial score (nSPS) is 23.6. The molecule has 2 nitrogen and oxygen atoms in total. The molecule has 3 atom stereocenters. The van der Waals surface area contributed by atoms with Crippen LogP contribution in [0.5, 0.6) is 5.75 Å². The van der Waals surface area contributed by atoms with Crippen molar-refractivity contribution in [3.05, 3.63) is 28.2 Å². The van der Waals surface area contributed by atoms with Gasteiger partial charge < -0.3 is 10.1 Å². The molecule has 3 unspecified atom stereocenters. The first-order valence-electron chi connectivity index (χ1n) is 7.35. The summed E-state index contributed by atoms with van der Waals surface area (Å²) in [6.45, 7) is 7.71. The first-order valence-corrected chi connectivity index (χ1v) is 8.14. The van der Waals surface area contributed by atoms with Gasteiger partial charge in [-0.3, -0.25) is 0 Å². The van der Waals surface area contributed by atoms with Gasteiger partial charge in [-0.05, 0) is 31.0 Å². The molecule has 1 N–H and O–H groups in total. The molecule has 0 amide bonds. The topological polar surface area (TPSA) is 21.3 Å². The average Bonchev–Trinajstić information content (AvgIpc) is 2.38. The molecule has 1 aliphatic rings. The van der Waals surface area contributed by atoms with Crippen LogP contribution in [-0.2, 0) is 0 Å². The van der Waals surface area contributed by atoms with Gasteiger partial charge in [-0.2, -0.15) is 0 Å². The highest BCUT2D eigenvalue weighted by molar-refractivity contribution is 9.10. The van der Waals surface area contributed by atoms with Gasteiger partial charge in [-0.1, -0.05) is 49.2 Å². The van der Waals surface area contributed by atoms with E-state index in [1.54, 1.807) is 0 Å². The van der Waals surface area contributed by atoms with Crippen molar-refractivity contribution in [2.24, 2.45) is 5.92 Å². The van der Waals surface area contributed by atoms with Crippen LogP contribution in [0.15, 0.2) is 22.7 Å². The van der Waals surface area contributed by atoms with E-state index in [0.29, 0.717) is 18.1 Å². The summed E-state index contributed by atoms with van der Waals surface area (Å²) in [7, 11) is 0. The zero-order valence-corrected chi connectivity index (χ0v) is 13.7. The molecule has 0 bridgehead atoms. The number of hydrogen-bond acceptors (Lipinski definition) is 2. The van der Waals surface area contributed by atoms with Crippen molar-refractivity contribution < 1.29 is 4.74 Å². The van der Waals surface area contributed by atoms with Crippen LogP contribution in [0.2, 0.25) is 0 Å². The van der Waals surface area contributed by atoms with E-state index < -0.39 is 0 Å². The van der Waals surface area contributed by atoms with E-state index in [2.05, 4.69) is 60.2 Å². The Bertz CT molecular complexity index is 421. The molecule has 1 aromatic rings. The van der Waals surface area contributed by atoms with E-state index in [9.17, 15) is 0 Å². The second kappa shape index (κ2) is 6.76. The van der Waals surface area contributed by atoms with E-state index in [-0.39, 0.29) is 0 Å². The maximum absolute atomic E-state index is 6.23. The minimum atomic E-state index is 0.325. The number of rotatable bonds is 5. The van der Waals surface area contributed by atoms with Gasteiger partial charge in [0.05, 0.1) is 0 Å². The first kappa shape index (κ1) is 14.9. The summed E-state index contributed by atoms with van der Waals surface area (Å²) < 4.78 is 7.32. The zero-order valence-electron chi connectivity index (χ0n) is 12.1. The first-order chi connectivity index (χ1) is 9.15. The minimum Gasteiger partial charge on any atom is -0.490 e. The molecule has 0 spiro atoms. The monoisotopic (exact) mass is 325 g/mol. The molecule has 0 saturated carbocycles. The molecule has 3 heteroatoms. The second-order valence-electron chi connectivity index (χ2n) is 5.45. The van der Waals surface area contributed by atoms with Crippen molar-refractivity contribution in [2.75, 3.05) is 6.54 Å². The SMILES string of the molecule is CCCC(C)C1CC(NCC)c2ccc(Br)cc2O1. The lowest BCUT2D eigenvalue weighted by atomic mass is 9.88. The fraction of sp³-hybridized carbons (Fsp3) is 0.625. The van der Waals surface area contributed by atoms with E-state index in [1.807, 2.05) is 0 Å². The lowest BCUT2D eigenvalue weighted by Crippen LogP contribution is -2.36. The molecule has 0 aliphatic carbocycles. The number of hydrogen-bond donors (Lipinski definition) is 1. The second-order valence-corrected chi connectivity index (χ2v) is 6.37. The average molecular weight is 326 g/mol. The molecule has 1 heterocycles. The number of benzene rings is 1. The third-order valence-corrected chi connectivity index (χ3v) is 4.42. The van der Waals surface area contributed by atoms with E-state index in [0.717, 1.165) is 23.2 Å². The highest BCUT2D eigenvalue weighted by Crippen LogP contribution is 2.39. The zero-order chi connectivity index (χ0) is 13.8. The fourth-order valence-corrected chi connectivity index (χ4v) is 3.24. The number of nitrogens with one attached hydrogen (secondary N) is 1. The predicted octanol–water partition coefficient (Wildman–Crippen LogP) is 4.69. The summed E-state index contributed by atoms with van der Waals surface area (Å²) in [4.78, 5) is 0. The summed E-state index contributed by atoms with van der Waals surface area (Å²) in [5.74, 6) is 1.65. The molecule has 1 aliphatic heterocycles. The predicted molar refractivity (Wildman–Crippen MR) is 83.7 cm³/mol. The number of ether oxygens (including phenoxy) is 1. The van der Waals surface area contributed by atoms with Crippen molar-refractivity contribution >= 4 is 15.9 Å². The summed E-state index contributed by atoms with van der Waals surface area (Å²) >= 11 is 3.54. The highest BCUT2D eigenvalue weighted by Gasteiger charge is 2.30. The van der Waals surface area contributed by atoms with Gasteiger partial charge in [0.25, 0.3) is 0 Å². The van der Waals surface area contributed by atoms with Crippen molar-refractivity contribution in [1.29, 1.82) is 0 Å². The maximum Gasteiger partial charge on any atom is 0.125 e. The molecule has 0 saturated heterocycles. The van der Waals surface area contributed by atoms with Crippen molar-refractivity contribution in [3.63, 3.8) is 0 Å². The van der Waals surface area contributed by atoms with E-state index in [4.69, 9.17) is 4.74 Å². The van der Waals surface area contributed by atoms with Gasteiger partial charge in [0.1, 0.15) is 11.9 Å². The van der Waals surface area contributed by atoms with Crippen LogP contribution >= 0.6 is 15.9 Å². The Labute approximate surface area is 125 Å². The van der Waals surface area contributed by atoms with E-state index in [1.165, 1.54) is 18.4 Å². The van der Waals surface area contributed by atoms with Gasteiger partial charge in [0.2, 0.25) is 0 Å². The summed E-state index contributed by atoms with van der Waals surface area (Å²) in [6, 6.07) is 6.80. The minimum absolute atomic E-state index is 0.325. The van der Waals surface area contributed by atoms with Crippen molar-refractivity contribution in [2.45, 2.75) is 52.2 Å². The smallest absolute Gasteiger partial charge is 0.125 e. The maximum atomic E-state index is 6.23. The summed E-state index contributed by atoms with van der Waals surface area (Å²) in [6.07, 6.45) is 3.85. The third-order valence-electron chi connectivity index (χ3n) is 3.93. The Morgan fingerprint density at radius 3 is 2.89 bits per heavy atom. The van der Waals surface area contributed by atoms with Crippen LogP contribution in [-0.4, -0.2) is 12.6 Å². The molecular formula is C16H24BrNO. The van der Waals surface area contributed by atoms with Gasteiger partial charge in [-0.15, -0.1) is 0 Å². The fourth-order valence-electron chi connectivity index (χ4n) is 2.90. The summed E-state index contributed by atoms with van der Waals surface area (Å²) in [5, 5.41) is 3.59. The van der Waals surface area contributed by atoms with Gasteiger partial charge in [0.15, 0.2) is 0 Å². The largest absolute Gasteiger partial charge is 0.490 e. The molecule has 0 radical (unpaired) electrons. The van der Waals surface area contributed by atoms with Crippen LogP contribution < -0.4 is 10.1 Å². The molecule has 106 valence electrons. The van der Waals surface area contributed by atoms with Crippen LogP contribution in [0.4, 0.5) is 0 Å². The third kappa shape index (κ3) is 3.51. The quantitative estimate of drug-likeness (QED) is 0.848. The van der Waals surface area contributed by atoms with Crippen LogP contribution in [0.25, 0.3) is 0 Å². The molecule has 2 rings (SSSR count). The lowest BCUT2D eigenvalue weighted by Gasteiger charge is -2.35. The molecular weight excluding hydrogens is 302 g/mol. The van der Waals surface area contributed by atoms with Crippen molar-refractivity contribution in [3.8, 4) is 5.75 Å². The van der Waals surface area contributed by atoms with Crippen molar-refractivity contribution in [1.82, 2.24) is 5.32 Å². The Morgan fingerprint density at radius 2 is 2.21 bits per heavy atom. The van der Waals surface area contributed by atoms with Crippen LogP contribution in [0, 0.1) is 5.92 Å². The number of fused-ring (bicyclic) bond motifs is 1. The molecule has 1 aromatic carbocycles. The van der Waals surface area contributed by atoms with Gasteiger partial charge >= 0.3 is 0 Å². The lowest BCUT2D eigenvalue weighted by molar-refractivity contribution is 0.0957. The van der Waals surface area contributed by atoms with Gasteiger partial charge in [0, 0.05) is 22.5 Å². The van der Waals surface area contributed by atoms with Crippen LogP contribution in [0.1, 0.15) is 51.6 Å². The standard InChI is InChI=1S/C16H24BrNO/c1-4-6-11(3)15-10-14(18-5-2)13-8-7-12(17)9-16(13)19-15/h7-9,11,14-15,18H,4-6,10H2,1-3H3. The Kier molecular flexibility index (Phi) is 5.28. The van der Waals surface area contributed by atoms with Gasteiger partial charge in [-0.25, -0.2) is 0 Å². The summed E-state index contributed by atoms with van der Waals surface area (Å²) in [5.41, 5.74) is 1.30. The molecule has 0 aromatic heterocycles. The molecule has 19 heavy (non-hydrogen) atoms. The Morgan fingerprint density at radius 1 is 1.42 bits per heavy atom. The number of halogens is 1. The molecule has 0 fully saturated rings.